The zero-order chi connectivity index (χ0) is 14.1. The lowest BCUT2D eigenvalue weighted by Crippen LogP contribution is -2.21. The van der Waals surface area contributed by atoms with Crippen molar-refractivity contribution in [1.82, 2.24) is 19.4 Å². The summed E-state index contributed by atoms with van der Waals surface area (Å²) in [6, 6.07) is 6.34. The third-order valence-electron chi connectivity index (χ3n) is 4.07. The van der Waals surface area contributed by atoms with Gasteiger partial charge in [0.1, 0.15) is 5.82 Å². The van der Waals surface area contributed by atoms with Crippen molar-refractivity contribution in [2.45, 2.75) is 32.7 Å². The molecule has 2 aromatic heterocycles. The number of likely N-dealkylation sites (tertiary alicyclic amines) is 1. The van der Waals surface area contributed by atoms with Crippen LogP contribution in [0.3, 0.4) is 0 Å². The van der Waals surface area contributed by atoms with Gasteiger partial charge in [-0.1, -0.05) is 0 Å². The second-order valence-corrected chi connectivity index (χ2v) is 5.84. The SMILES string of the molecule is Cc1cc(C)nc(C2CCN(Cc3cccn3C)C2)n1. The summed E-state index contributed by atoms with van der Waals surface area (Å²) in [7, 11) is 2.11. The Kier molecular flexibility index (Phi) is 3.57. The van der Waals surface area contributed by atoms with E-state index in [4.69, 9.17) is 0 Å². The zero-order valence-electron chi connectivity index (χ0n) is 12.5. The van der Waals surface area contributed by atoms with Crippen LogP contribution in [-0.4, -0.2) is 32.5 Å². The van der Waals surface area contributed by atoms with Crippen LogP contribution >= 0.6 is 0 Å². The Bertz CT molecular complexity index is 582. The average Bonchev–Trinajstić information content (AvgIpc) is 2.99. The number of aromatic nitrogens is 3. The van der Waals surface area contributed by atoms with E-state index in [1.54, 1.807) is 0 Å². The fraction of sp³-hybridized carbons (Fsp3) is 0.500. The summed E-state index contributed by atoms with van der Waals surface area (Å²) in [5.74, 6) is 1.51. The van der Waals surface area contributed by atoms with Crippen LogP contribution < -0.4 is 0 Å². The number of hydrogen-bond donors (Lipinski definition) is 0. The number of nitrogens with zero attached hydrogens (tertiary/aromatic N) is 4. The first-order chi connectivity index (χ1) is 9.61. The fourth-order valence-electron chi connectivity index (χ4n) is 3.01. The van der Waals surface area contributed by atoms with Crippen molar-refractivity contribution in [2.75, 3.05) is 13.1 Å². The van der Waals surface area contributed by atoms with Gasteiger partial charge in [0.2, 0.25) is 0 Å². The van der Waals surface area contributed by atoms with E-state index in [0.29, 0.717) is 5.92 Å². The maximum Gasteiger partial charge on any atom is 0.133 e. The summed E-state index contributed by atoms with van der Waals surface area (Å²) < 4.78 is 2.20. The molecule has 2 aromatic rings. The first-order valence-corrected chi connectivity index (χ1v) is 7.26. The number of aryl methyl sites for hydroxylation is 3. The summed E-state index contributed by atoms with van der Waals surface area (Å²) >= 11 is 0. The van der Waals surface area contributed by atoms with E-state index < -0.39 is 0 Å². The van der Waals surface area contributed by atoms with Gasteiger partial charge in [0.05, 0.1) is 0 Å². The van der Waals surface area contributed by atoms with Crippen molar-refractivity contribution in [2.24, 2.45) is 7.05 Å². The molecule has 1 saturated heterocycles. The summed E-state index contributed by atoms with van der Waals surface area (Å²) in [6.45, 7) is 7.31. The lowest BCUT2D eigenvalue weighted by Gasteiger charge is -2.16. The molecule has 0 radical (unpaired) electrons. The number of hydrogen-bond acceptors (Lipinski definition) is 3. The van der Waals surface area contributed by atoms with E-state index in [9.17, 15) is 0 Å². The zero-order valence-corrected chi connectivity index (χ0v) is 12.5. The lowest BCUT2D eigenvalue weighted by molar-refractivity contribution is 0.318. The summed E-state index contributed by atoms with van der Waals surface area (Å²) in [5.41, 5.74) is 3.52. The summed E-state index contributed by atoms with van der Waals surface area (Å²) in [5, 5.41) is 0. The minimum atomic E-state index is 0.480. The first-order valence-electron chi connectivity index (χ1n) is 7.26. The monoisotopic (exact) mass is 270 g/mol. The van der Waals surface area contributed by atoms with Crippen molar-refractivity contribution in [3.63, 3.8) is 0 Å². The molecule has 0 aromatic carbocycles. The molecule has 0 aliphatic carbocycles. The Morgan fingerprint density at radius 2 is 2.00 bits per heavy atom. The molecule has 0 amide bonds. The van der Waals surface area contributed by atoms with E-state index in [0.717, 1.165) is 43.3 Å². The molecule has 0 bridgehead atoms. The fourth-order valence-corrected chi connectivity index (χ4v) is 3.01. The molecule has 20 heavy (non-hydrogen) atoms. The van der Waals surface area contributed by atoms with Crippen LogP contribution in [-0.2, 0) is 13.6 Å². The quantitative estimate of drug-likeness (QED) is 0.859. The third-order valence-corrected chi connectivity index (χ3v) is 4.07. The van der Waals surface area contributed by atoms with Gasteiger partial charge in [-0.05, 0) is 45.0 Å². The van der Waals surface area contributed by atoms with Gasteiger partial charge in [-0.25, -0.2) is 9.97 Å². The molecule has 1 unspecified atom stereocenters. The van der Waals surface area contributed by atoms with Gasteiger partial charge in [0.15, 0.2) is 0 Å². The molecule has 0 spiro atoms. The molecule has 4 heteroatoms. The largest absolute Gasteiger partial charge is 0.353 e. The molecule has 0 saturated carbocycles. The molecule has 1 atom stereocenters. The highest BCUT2D eigenvalue weighted by Gasteiger charge is 2.26. The van der Waals surface area contributed by atoms with Gasteiger partial charge < -0.3 is 4.57 Å². The van der Waals surface area contributed by atoms with E-state index in [2.05, 4.69) is 58.7 Å². The van der Waals surface area contributed by atoms with E-state index in [-0.39, 0.29) is 0 Å². The van der Waals surface area contributed by atoms with Gasteiger partial charge in [0, 0.05) is 49.3 Å². The van der Waals surface area contributed by atoms with Crippen molar-refractivity contribution in [3.05, 3.63) is 47.3 Å². The second-order valence-electron chi connectivity index (χ2n) is 5.84. The topological polar surface area (TPSA) is 34.0 Å². The molecule has 106 valence electrons. The Labute approximate surface area is 120 Å². The Morgan fingerprint density at radius 3 is 2.65 bits per heavy atom. The highest BCUT2D eigenvalue weighted by atomic mass is 15.2. The highest BCUT2D eigenvalue weighted by Crippen LogP contribution is 2.26. The van der Waals surface area contributed by atoms with Crippen LogP contribution in [0.1, 0.15) is 35.2 Å². The normalized spacial score (nSPS) is 19.6. The molecule has 1 fully saturated rings. The molecular weight excluding hydrogens is 248 g/mol. The minimum absolute atomic E-state index is 0.480. The molecule has 1 aliphatic rings. The summed E-state index contributed by atoms with van der Waals surface area (Å²) in [4.78, 5) is 11.7. The van der Waals surface area contributed by atoms with Crippen LogP contribution in [0.4, 0.5) is 0 Å². The Hall–Kier alpha value is -1.68. The number of rotatable bonds is 3. The Morgan fingerprint density at radius 1 is 1.25 bits per heavy atom. The maximum absolute atomic E-state index is 4.62. The van der Waals surface area contributed by atoms with Crippen molar-refractivity contribution < 1.29 is 0 Å². The minimum Gasteiger partial charge on any atom is -0.353 e. The van der Waals surface area contributed by atoms with E-state index in [1.807, 2.05) is 6.07 Å². The van der Waals surface area contributed by atoms with Crippen molar-refractivity contribution in [3.8, 4) is 0 Å². The highest BCUT2D eigenvalue weighted by molar-refractivity contribution is 5.13. The lowest BCUT2D eigenvalue weighted by atomic mass is 10.1. The Balaban J connectivity index is 1.69. The van der Waals surface area contributed by atoms with Crippen LogP contribution in [0, 0.1) is 13.8 Å². The predicted octanol–water partition coefficient (Wildman–Crippen LogP) is 2.42. The van der Waals surface area contributed by atoms with Crippen LogP contribution in [0.5, 0.6) is 0 Å². The molecule has 0 N–H and O–H groups in total. The first kappa shape index (κ1) is 13.3. The molecule has 3 heterocycles. The average molecular weight is 270 g/mol. The van der Waals surface area contributed by atoms with Gasteiger partial charge in [0.25, 0.3) is 0 Å². The molecule has 1 aliphatic heterocycles. The third kappa shape index (κ3) is 2.75. The summed E-state index contributed by atoms with van der Waals surface area (Å²) in [6.07, 6.45) is 3.27. The molecule has 3 rings (SSSR count). The molecule has 4 nitrogen and oxygen atoms in total. The van der Waals surface area contributed by atoms with Crippen LogP contribution in [0.15, 0.2) is 24.4 Å². The van der Waals surface area contributed by atoms with Crippen LogP contribution in [0.2, 0.25) is 0 Å². The van der Waals surface area contributed by atoms with Gasteiger partial charge in [-0.2, -0.15) is 0 Å². The van der Waals surface area contributed by atoms with E-state index in [1.165, 1.54) is 5.69 Å². The maximum atomic E-state index is 4.62. The predicted molar refractivity (Wildman–Crippen MR) is 79.6 cm³/mol. The van der Waals surface area contributed by atoms with E-state index >= 15 is 0 Å². The van der Waals surface area contributed by atoms with Gasteiger partial charge in [-0.15, -0.1) is 0 Å². The smallest absolute Gasteiger partial charge is 0.133 e. The van der Waals surface area contributed by atoms with Crippen molar-refractivity contribution >= 4 is 0 Å². The van der Waals surface area contributed by atoms with Gasteiger partial charge in [-0.3, -0.25) is 4.90 Å². The van der Waals surface area contributed by atoms with Gasteiger partial charge >= 0.3 is 0 Å². The standard InChI is InChI=1S/C16H22N4/c1-12-9-13(2)18-16(17-12)14-6-8-20(10-14)11-15-5-4-7-19(15)3/h4-5,7,9,14H,6,8,10-11H2,1-3H3. The molecular formula is C16H22N4. The van der Waals surface area contributed by atoms with Crippen molar-refractivity contribution in [1.29, 1.82) is 0 Å². The second kappa shape index (κ2) is 5.37. The van der Waals surface area contributed by atoms with Crippen LogP contribution in [0.25, 0.3) is 0 Å².